The number of nitrogens with one attached hydrogen (secondary N) is 1. The van der Waals surface area contributed by atoms with Crippen molar-refractivity contribution in [3.05, 3.63) is 46.6 Å². The van der Waals surface area contributed by atoms with Crippen molar-refractivity contribution < 1.29 is 9.21 Å². The Hall–Kier alpha value is -1.81. The summed E-state index contributed by atoms with van der Waals surface area (Å²) in [5.41, 5.74) is 1.37. The molecule has 0 unspecified atom stereocenters. The summed E-state index contributed by atoms with van der Waals surface area (Å²) in [5, 5.41) is 2.97. The summed E-state index contributed by atoms with van der Waals surface area (Å²) in [5.74, 6) is 0.716. The summed E-state index contributed by atoms with van der Waals surface area (Å²) in [6, 6.07) is 5.21. The van der Waals surface area contributed by atoms with Crippen molar-refractivity contribution in [1.29, 1.82) is 0 Å². The molecule has 94 valence electrons. The maximum atomic E-state index is 12.0. The zero-order chi connectivity index (χ0) is 13.1. The number of rotatable bonds is 3. The minimum absolute atomic E-state index is 0.269. The van der Waals surface area contributed by atoms with Crippen LogP contribution in [0.3, 0.4) is 0 Å². The van der Waals surface area contributed by atoms with Gasteiger partial charge in [-0.15, -0.1) is 0 Å². The summed E-state index contributed by atoms with van der Waals surface area (Å²) < 4.78 is 5.37. The Balaban J connectivity index is 2.21. The first-order chi connectivity index (χ1) is 8.61. The number of nitrogens with zero attached hydrogens (tertiary/aromatic N) is 1. The highest BCUT2D eigenvalue weighted by molar-refractivity contribution is 6.32. The van der Waals surface area contributed by atoms with Gasteiger partial charge in [-0.2, -0.15) is 0 Å². The molecule has 0 saturated heterocycles. The van der Waals surface area contributed by atoms with Crippen molar-refractivity contribution >= 4 is 23.2 Å². The number of carbonyl (C=O) groups is 1. The van der Waals surface area contributed by atoms with Gasteiger partial charge in [0, 0.05) is 12.6 Å². The highest BCUT2D eigenvalue weighted by Gasteiger charge is 2.14. The minimum atomic E-state index is -0.326. The first-order valence-electron chi connectivity index (χ1n) is 5.63. The third kappa shape index (κ3) is 2.54. The number of carbonyl (C=O) groups excluding carboxylic acids is 1. The molecule has 2 heterocycles. The Kier molecular flexibility index (Phi) is 3.67. The molecule has 1 amide bonds. The second-order valence-corrected chi connectivity index (χ2v) is 4.23. The summed E-state index contributed by atoms with van der Waals surface area (Å²) in [6.45, 7) is 3.81. The Morgan fingerprint density at radius 1 is 1.44 bits per heavy atom. The molecule has 18 heavy (non-hydrogen) atoms. The van der Waals surface area contributed by atoms with E-state index in [0.29, 0.717) is 5.69 Å². The molecular weight excluding hydrogens is 252 g/mol. The van der Waals surface area contributed by atoms with Gasteiger partial charge < -0.3 is 9.73 Å². The van der Waals surface area contributed by atoms with Gasteiger partial charge in [-0.3, -0.25) is 4.79 Å². The lowest BCUT2D eigenvalue weighted by Crippen LogP contribution is -2.12. The summed E-state index contributed by atoms with van der Waals surface area (Å²) >= 11 is 5.94. The molecule has 0 aliphatic heterocycles. The second-order valence-electron chi connectivity index (χ2n) is 3.87. The van der Waals surface area contributed by atoms with Crippen LogP contribution in [0.5, 0.6) is 0 Å². The van der Waals surface area contributed by atoms with Gasteiger partial charge in [-0.1, -0.05) is 18.5 Å². The Labute approximate surface area is 110 Å². The highest BCUT2D eigenvalue weighted by Crippen LogP contribution is 2.23. The molecule has 0 aromatic carbocycles. The molecule has 0 radical (unpaired) electrons. The van der Waals surface area contributed by atoms with Gasteiger partial charge in [0.05, 0.1) is 5.69 Å². The number of hydrogen-bond acceptors (Lipinski definition) is 3. The van der Waals surface area contributed by atoms with Crippen LogP contribution in [-0.4, -0.2) is 10.9 Å². The SMILES string of the molecule is CCc1ccc(C(=O)Nc2c(C)ccnc2Cl)o1. The molecule has 4 nitrogen and oxygen atoms in total. The highest BCUT2D eigenvalue weighted by atomic mass is 35.5. The topological polar surface area (TPSA) is 55.1 Å². The van der Waals surface area contributed by atoms with E-state index in [1.165, 1.54) is 0 Å². The number of aromatic nitrogens is 1. The van der Waals surface area contributed by atoms with E-state index in [2.05, 4.69) is 10.3 Å². The first kappa shape index (κ1) is 12.6. The van der Waals surface area contributed by atoms with E-state index in [4.69, 9.17) is 16.0 Å². The van der Waals surface area contributed by atoms with Crippen LogP contribution in [0.2, 0.25) is 5.15 Å². The van der Waals surface area contributed by atoms with E-state index in [9.17, 15) is 4.79 Å². The number of anilines is 1. The van der Waals surface area contributed by atoms with Crippen molar-refractivity contribution in [2.75, 3.05) is 5.32 Å². The Bertz CT molecular complexity index is 558. The first-order valence-corrected chi connectivity index (χ1v) is 6.00. The molecule has 2 aromatic rings. The molecule has 0 aliphatic rings. The standard InChI is InChI=1S/C13H13ClN2O2/c1-3-9-4-5-10(18-9)13(17)16-11-8(2)6-7-15-12(11)14/h4-7H,3H2,1-2H3,(H,16,17). The fourth-order valence-corrected chi connectivity index (χ4v) is 1.79. The third-order valence-corrected chi connectivity index (χ3v) is 2.87. The summed E-state index contributed by atoms with van der Waals surface area (Å²) in [7, 11) is 0. The Morgan fingerprint density at radius 2 is 2.22 bits per heavy atom. The molecular formula is C13H13ClN2O2. The van der Waals surface area contributed by atoms with E-state index >= 15 is 0 Å². The fourth-order valence-electron chi connectivity index (χ4n) is 1.54. The van der Waals surface area contributed by atoms with Crippen molar-refractivity contribution in [3.8, 4) is 0 Å². The fraction of sp³-hybridized carbons (Fsp3) is 0.231. The molecule has 0 saturated carbocycles. The lowest BCUT2D eigenvalue weighted by molar-refractivity contribution is 0.0995. The second kappa shape index (κ2) is 5.23. The number of furan rings is 1. The van der Waals surface area contributed by atoms with Gasteiger partial charge in [-0.25, -0.2) is 4.98 Å². The van der Waals surface area contributed by atoms with Gasteiger partial charge in [0.2, 0.25) is 0 Å². The van der Waals surface area contributed by atoms with Gasteiger partial charge in [0.15, 0.2) is 10.9 Å². The molecule has 5 heteroatoms. The molecule has 1 N–H and O–H groups in total. The number of aryl methyl sites for hydroxylation is 2. The normalized spacial score (nSPS) is 10.4. The number of halogens is 1. The zero-order valence-electron chi connectivity index (χ0n) is 10.2. The van der Waals surface area contributed by atoms with Crippen LogP contribution in [0.15, 0.2) is 28.8 Å². The predicted molar refractivity (Wildman–Crippen MR) is 70.0 cm³/mol. The van der Waals surface area contributed by atoms with E-state index in [1.807, 2.05) is 13.8 Å². The molecule has 0 fully saturated rings. The lowest BCUT2D eigenvalue weighted by atomic mass is 10.2. The third-order valence-electron chi connectivity index (χ3n) is 2.59. The van der Waals surface area contributed by atoms with Gasteiger partial charge in [0.25, 0.3) is 5.91 Å². The van der Waals surface area contributed by atoms with E-state index in [1.54, 1.807) is 24.4 Å². The lowest BCUT2D eigenvalue weighted by Gasteiger charge is -2.07. The summed E-state index contributed by atoms with van der Waals surface area (Å²) in [6.07, 6.45) is 2.34. The van der Waals surface area contributed by atoms with Gasteiger partial charge >= 0.3 is 0 Å². The van der Waals surface area contributed by atoms with Crippen LogP contribution in [0, 0.1) is 6.92 Å². The molecule has 0 bridgehead atoms. The van der Waals surface area contributed by atoms with Crippen LogP contribution >= 0.6 is 11.6 Å². The van der Waals surface area contributed by atoms with Crippen LogP contribution < -0.4 is 5.32 Å². The largest absolute Gasteiger partial charge is 0.456 e. The minimum Gasteiger partial charge on any atom is -0.456 e. The number of hydrogen-bond donors (Lipinski definition) is 1. The van der Waals surface area contributed by atoms with Crippen molar-refractivity contribution in [2.45, 2.75) is 20.3 Å². The van der Waals surface area contributed by atoms with E-state index in [0.717, 1.165) is 17.7 Å². The quantitative estimate of drug-likeness (QED) is 0.864. The molecule has 2 rings (SSSR count). The molecule has 0 spiro atoms. The van der Waals surface area contributed by atoms with Crippen molar-refractivity contribution in [2.24, 2.45) is 0 Å². The van der Waals surface area contributed by atoms with Crippen molar-refractivity contribution in [3.63, 3.8) is 0 Å². The molecule has 2 aromatic heterocycles. The predicted octanol–water partition coefficient (Wildman–Crippen LogP) is 3.45. The summed E-state index contributed by atoms with van der Waals surface area (Å²) in [4.78, 5) is 15.9. The number of pyridine rings is 1. The van der Waals surface area contributed by atoms with Crippen LogP contribution in [-0.2, 0) is 6.42 Å². The molecule has 0 aliphatic carbocycles. The van der Waals surface area contributed by atoms with Crippen LogP contribution in [0.1, 0.15) is 28.8 Å². The van der Waals surface area contributed by atoms with Crippen LogP contribution in [0.4, 0.5) is 5.69 Å². The smallest absolute Gasteiger partial charge is 0.291 e. The van der Waals surface area contributed by atoms with E-state index < -0.39 is 0 Å². The monoisotopic (exact) mass is 264 g/mol. The van der Waals surface area contributed by atoms with Gasteiger partial charge in [0.1, 0.15) is 5.76 Å². The Morgan fingerprint density at radius 3 is 2.83 bits per heavy atom. The van der Waals surface area contributed by atoms with E-state index in [-0.39, 0.29) is 16.8 Å². The van der Waals surface area contributed by atoms with Gasteiger partial charge in [-0.05, 0) is 30.7 Å². The zero-order valence-corrected chi connectivity index (χ0v) is 10.9. The molecule has 0 atom stereocenters. The van der Waals surface area contributed by atoms with Crippen molar-refractivity contribution in [1.82, 2.24) is 4.98 Å². The van der Waals surface area contributed by atoms with Crippen LogP contribution in [0.25, 0.3) is 0 Å². The number of amides is 1. The average molecular weight is 265 g/mol. The maximum Gasteiger partial charge on any atom is 0.291 e. The average Bonchev–Trinajstić information content (AvgIpc) is 2.82. The maximum absolute atomic E-state index is 12.0.